The second kappa shape index (κ2) is 13.9. The van der Waals surface area contributed by atoms with Gasteiger partial charge in [0.2, 0.25) is 0 Å². The minimum Gasteiger partial charge on any atom is -0.447 e. The maximum Gasteiger partial charge on any atom is 0.289 e. The van der Waals surface area contributed by atoms with Crippen LogP contribution in [0.3, 0.4) is 0 Å². The normalized spacial score (nSPS) is 14.6. The van der Waals surface area contributed by atoms with Crippen molar-refractivity contribution < 1.29 is 23.5 Å². The Morgan fingerprint density at radius 3 is 2.28 bits per heavy atom. The fourth-order valence-corrected chi connectivity index (χ4v) is 2.44. The zero-order valence-electron chi connectivity index (χ0n) is 17.7. The molecule has 1 atom stereocenters. The Morgan fingerprint density at radius 2 is 1.90 bits per heavy atom. The molecule has 0 bridgehead atoms. The van der Waals surface area contributed by atoms with Crippen molar-refractivity contribution in [3.05, 3.63) is 23.2 Å². The molecule has 1 saturated heterocycles. The van der Waals surface area contributed by atoms with E-state index >= 15 is 0 Å². The molecule has 1 aliphatic heterocycles. The molecule has 1 fully saturated rings. The highest BCUT2D eigenvalue weighted by Gasteiger charge is 2.27. The Hall–Kier alpha value is -2.23. The van der Waals surface area contributed by atoms with Crippen LogP contribution in [-0.2, 0) is 9.53 Å². The quantitative estimate of drug-likeness (QED) is 0.688. The molecule has 9 nitrogen and oxygen atoms in total. The molecule has 10 heteroatoms. The van der Waals surface area contributed by atoms with Gasteiger partial charge in [0, 0.05) is 46.4 Å². The van der Waals surface area contributed by atoms with Crippen LogP contribution in [0.2, 0.25) is 0 Å². The van der Waals surface area contributed by atoms with E-state index in [1.807, 2.05) is 13.8 Å². The van der Waals surface area contributed by atoms with E-state index in [-0.39, 0.29) is 23.0 Å². The lowest BCUT2D eigenvalue weighted by Crippen LogP contribution is -2.47. The topological polar surface area (TPSA) is 116 Å². The maximum absolute atomic E-state index is 12.4. The number of amides is 2. The highest BCUT2D eigenvalue weighted by molar-refractivity contribution is 6.68. The lowest BCUT2D eigenvalue weighted by atomic mass is 10.2. The van der Waals surface area contributed by atoms with Gasteiger partial charge in [0.25, 0.3) is 11.8 Å². The van der Waals surface area contributed by atoms with E-state index in [4.69, 9.17) is 31.0 Å². The van der Waals surface area contributed by atoms with E-state index in [1.54, 1.807) is 12.0 Å². The molecule has 2 heterocycles. The molecule has 1 unspecified atom stereocenters. The molecule has 1 aliphatic rings. The van der Waals surface area contributed by atoms with E-state index < -0.39 is 11.1 Å². The van der Waals surface area contributed by atoms with Gasteiger partial charge in [0.1, 0.15) is 6.79 Å². The number of methoxy groups -OCH3 is 1. The zero-order chi connectivity index (χ0) is 22.6. The van der Waals surface area contributed by atoms with E-state index in [1.165, 1.54) is 13.1 Å². The lowest BCUT2D eigenvalue weighted by molar-refractivity contribution is -0.0980. The van der Waals surface area contributed by atoms with Gasteiger partial charge in [0.05, 0.1) is 11.7 Å². The third-order valence-corrected chi connectivity index (χ3v) is 4.55. The molecule has 0 radical (unpaired) electrons. The van der Waals surface area contributed by atoms with Crippen molar-refractivity contribution in [1.82, 2.24) is 15.1 Å². The van der Waals surface area contributed by atoms with Gasteiger partial charge in [-0.25, -0.2) is 0 Å². The van der Waals surface area contributed by atoms with Crippen LogP contribution in [0.1, 0.15) is 46.9 Å². The van der Waals surface area contributed by atoms with Crippen LogP contribution in [0.25, 0.3) is 0 Å². The van der Waals surface area contributed by atoms with Gasteiger partial charge in [-0.3, -0.25) is 15.0 Å². The average molecular weight is 431 g/mol. The predicted molar refractivity (Wildman–Crippen MR) is 112 cm³/mol. The fraction of sp³-hybridized carbons (Fsp3) is 0.579. The van der Waals surface area contributed by atoms with Gasteiger partial charge < -0.3 is 29.1 Å². The number of hydrogen-bond acceptors (Lipinski definition) is 7. The van der Waals surface area contributed by atoms with Crippen LogP contribution in [0, 0.1) is 5.41 Å². The van der Waals surface area contributed by atoms with E-state index in [9.17, 15) is 9.59 Å². The molecule has 29 heavy (non-hydrogen) atoms. The molecule has 1 aromatic rings. The smallest absolute Gasteiger partial charge is 0.289 e. The van der Waals surface area contributed by atoms with Crippen LogP contribution >= 0.6 is 11.6 Å². The average Bonchev–Trinajstić information content (AvgIpc) is 3.20. The van der Waals surface area contributed by atoms with Crippen molar-refractivity contribution >= 4 is 35.4 Å². The van der Waals surface area contributed by atoms with Gasteiger partial charge in [-0.2, -0.15) is 0 Å². The number of hydrogen-bond donors (Lipinski definition) is 2. The van der Waals surface area contributed by atoms with Crippen molar-refractivity contribution in [2.75, 3.05) is 47.4 Å². The molecule has 1 aromatic heterocycles. The highest BCUT2D eigenvalue weighted by Crippen LogP contribution is 2.20. The molecule has 0 aromatic carbocycles. The van der Waals surface area contributed by atoms with Crippen LogP contribution in [0.5, 0.6) is 0 Å². The maximum atomic E-state index is 12.4. The molecular formula is C19H31ClN4O5. The summed E-state index contributed by atoms with van der Waals surface area (Å²) in [5.41, 5.74) is 0.0926. The summed E-state index contributed by atoms with van der Waals surface area (Å²) < 4.78 is 10.2. The summed E-state index contributed by atoms with van der Waals surface area (Å²) in [7, 11) is 5.18. The molecule has 2 N–H and O–H groups in total. The lowest BCUT2D eigenvalue weighted by Gasteiger charge is -2.31. The number of ether oxygens (including phenoxy) is 1. The number of nitrogens with zero attached hydrogens (tertiary/aromatic N) is 2. The van der Waals surface area contributed by atoms with Crippen LogP contribution in [0.15, 0.2) is 10.5 Å². The Labute approximate surface area is 176 Å². The minimum atomic E-state index is -0.448. The minimum absolute atomic E-state index is 0.0264. The van der Waals surface area contributed by atoms with Crippen molar-refractivity contribution in [3.63, 3.8) is 0 Å². The van der Waals surface area contributed by atoms with Gasteiger partial charge in [-0.15, -0.1) is 0 Å². The van der Waals surface area contributed by atoms with E-state index in [2.05, 4.69) is 24.1 Å². The van der Waals surface area contributed by atoms with Gasteiger partial charge in [-0.05, 0) is 20.4 Å². The molecule has 2 rings (SSSR count). The Bertz CT molecular complexity index is 668. The molecule has 0 spiro atoms. The molecule has 0 aliphatic carbocycles. The summed E-state index contributed by atoms with van der Waals surface area (Å²) >= 11 is 5.61. The second-order valence-electron chi connectivity index (χ2n) is 6.30. The first kappa shape index (κ1) is 26.8. The zero-order valence-corrected chi connectivity index (χ0v) is 18.5. The van der Waals surface area contributed by atoms with Gasteiger partial charge >= 0.3 is 0 Å². The van der Waals surface area contributed by atoms with Crippen molar-refractivity contribution in [1.29, 1.82) is 5.41 Å². The number of piperazine rings is 1. The summed E-state index contributed by atoms with van der Waals surface area (Å²) in [4.78, 5) is 35.9. The largest absolute Gasteiger partial charge is 0.447 e. The summed E-state index contributed by atoms with van der Waals surface area (Å²) in [5, 5.41) is 9.45. The first-order valence-electron chi connectivity index (χ1n) is 9.14. The van der Waals surface area contributed by atoms with Crippen LogP contribution in [0.4, 0.5) is 0 Å². The third-order valence-electron chi connectivity index (χ3n) is 4.38. The number of nitrogens with one attached hydrogen (secondary N) is 2. The van der Waals surface area contributed by atoms with Gasteiger partial charge in [-0.1, -0.05) is 18.5 Å². The van der Waals surface area contributed by atoms with Crippen molar-refractivity contribution in [3.8, 4) is 0 Å². The molecule has 164 valence electrons. The number of furan rings is 1. The molecule has 2 amide bonds. The molecule has 0 saturated carbocycles. The third kappa shape index (κ3) is 8.35. The fourth-order valence-electron chi connectivity index (χ4n) is 2.29. The van der Waals surface area contributed by atoms with Crippen molar-refractivity contribution in [2.24, 2.45) is 0 Å². The standard InChI is InChI=1S/C13H17ClN4O3.C5H12O.CH2O/c1-16-12(19)8-7-9(21-10(8)11(14)15)13(20)18-5-3-17(2)4-6-18;1-4-5(2)6-3;1-2/h7,15H,3-6H2,1-2H3,(H,16,19);5H,4H2,1-3H3;1H2. The Morgan fingerprint density at radius 1 is 1.34 bits per heavy atom. The first-order chi connectivity index (χ1) is 13.7. The number of rotatable bonds is 5. The predicted octanol–water partition coefficient (Wildman–Crippen LogP) is 1.84. The number of likely N-dealkylation sites (N-methyl/N-ethyl adjacent to an activating group) is 1. The Balaban J connectivity index is 0.000000841. The van der Waals surface area contributed by atoms with Gasteiger partial charge in [0.15, 0.2) is 16.7 Å². The second-order valence-corrected chi connectivity index (χ2v) is 6.67. The highest BCUT2D eigenvalue weighted by atomic mass is 35.5. The number of halogens is 1. The van der Waals surface area contributed by atoms with E-state index in [0.29, 0.717) is 19.2 Å². The summed E-state index contributed by atoms with van der Waals surface area (Å²) in [5.74, 6) is -0.805. The Kier molecular flexibility index (Phi) is 12.8. The first-order valence-corrected chi connectivity index (χ1v) is 9.52. The SMILES string of the molecule is C=O.CCC(C)OC.CNC(=O)c1cc(C(=O)N2CCN(C)CC2)oc1C(=N)Cl. The monoisotopic (exact) mass is 430 g/mol. The van der Waals surface area contributed by atoms with Crippen molar-refractivity contribution in [2.45, 2.75) is 26.4 Å². The van der Waals surface area contributed by atoms with Crippen LogP contribution < -0.4 is 5.32 Å². The summed E-state index contributed by atoms with van der Waals surface area (Å²) in [6, 6.07) is 1.34. The van der Waals surface area contributed by atoms with E-state index in [0.717, 1.165) is 19.5 Å². The number of carbonyl (C=O) groups excluding carboxylic acids is 3. The van der Waals surface area contributed by atoms with Crippen LogP contribution in [-0.4, -0.2) is 87.1 Å². The summed E-state index contributed by atoms with van der Waals surface area (Å²) in [6.07, 6.45) is 1.54. The number of carbonyl (C=O) groups is 3. The summed E-state index contributed by atoms with van der Waals surface area (Å²) in [6.45, 7) is 8.92. The molecular weight excluding hydrogens is 400 g/mol.